The van der Waals surface area contributed by atoms with Crippen LogP contribution in [0, 0.1) is 0 Å². The summed E-state index contributed by atoms with van der Waals surface area (Å²) in [5.41, 5.74) is 0.609. The molecule has 3 rings (SSSR count). The Morgan fingerprint density at radius 3 is 2.59 bits per heavy atom. The number of aromatic nitrogens is 3. The molecule has 6 heteroatoms. The van der Waals surface area contributed by atoms with Crippen LogP contribution in [0.5, 0.6) is 0 Å². The van der Waals surface area contributed by atoms with Gasteiger partial charge in [-0.2, -0.15) is 5.10 Å². The summed E-state index contributed by atoms with van der Waals surface area (Å²) in [4.78, 5) is 14.8. The Morgan fingerprint density at radius 2 is 1.82 bits per heavy atom. The highest BCUT2D eigenvalue weighted by atomic mass is 16.5. The molecule has 0 aliphatic carbocycles. The number of rotatable bonds is 6. The first kappa shape index (κ1) is 15.0. The second-order valence-corrected chi connectivity index (χ2v) is 5.50. The van der Waals surface area contributed by atoms with Crippen LogP contribution in [-0.2, 0) is 11.3 Å². The zero-order valence-electron chi connectivity index (χ0n) is 12.7. The molecule has 3 heterocycles. The van der Waals surface area contributed by atoms with Crippen molar-refractivity contribution in [3.8, 4) is 5.69 Å². The minimum atomic E-state index is -0.0370. The molecule has 2 aromatic rings. The Balaban J connectivity index is 1.54. The van der Waals surface area contributed by atoms with Gasteiger partial charge in [0, 0.05) is 38.2 Å². The third kappa shape index (κ3) is 3.64. The van der Waals surface area contributed by atoms with E-state index < -0.39 is 0 Å². The fraction of sp³-hybridized carbons (Fsp3) is 0.500. The molecule has 0 N–H and O–H groups in total. The van der Waals surface area contributed by atoms with E-state index in [0.717, 1.165) is 45.7 Å². The van der Waals surface area contributed by atoms with E-state index in [-0.39, 0.29) is 5.56 Å². The second-order valence-electron chi connectivity index (χ2n) is 5.50. The maximum Gasteiger partial charge on any atom is 0.290 e. The molecule has 0 radical (unpaired) electrons. The molecular formula is C16H22N4O2. The summed E-state index contributed by atoms with van der Waals surface area (Å²) in [6.07, 6.45) is 7.47. The van der Waals surface area contributed by atoms with E-state index in [1.165, 1.54) is 0 Å². The molecule has 0 unspecified atom stereocenters. The van der Waals surface area contributed by atoms with E-state index in [9.17, 15) is 4.79 Å². The second kappa shape index (κ2) is 7.38. The van der Waals surface area contributed by atoms with E-state index in [0.29, 0.717) is 12.2 Å². The lowest BCUT2D eigenvalue weighted by Crippen LogP contribution is -2.37. The summed E-state index contributed by atoms with van der Waals surface area (Å²) in [6, 6.07) is 5.58. The lowest BCUT2D eigenvalue weighted by molar-refractivity contribution is 0.0370. The third-order valence-corrected chi connectivity index (χ3v) is 3.97. The van der Waals surface area contributed by atoms with Gasteiger partial charge in [0.05, 0.1) is 13.2 Å². The highest BCUT2D eigenvalue weighted by Gasteiger charge is 2.10. The molecule has 1 fully saturated rings. The van der Waals surface area contributed by atoms with E-state index in [1.807, 2.05) is 29.1 Å². The molecule has 118 valence electrons. The van der Waals surface area contributed by atoms with E-state index in [2.05, 4.69) is 10.00 Å². The van der Waals surface area contributed by atoms with Crippen LogP contribution < -0.4 is 5.56 Å². The van der Waals surface area contributed by atoms with Crippen LogP contribution >= 0.6 is 0 Å². The van der Waals surface area contributed by atoms with Crippen LogP contribution in [0.1, 0.15) is 12.8 Å². The van der Waals surface area contributed by atoms with Gasteiger partial charge in [-0.1, -0.05) is 0 Å². The molecular weight excluding hydrogens is 280 g/mol. The van der Waals surface area contributed by atoms with Crippen molar-refractivity contribution in [3.05, 3.63) is 47.1 Å². The van der Waals surface area contributed by atoms with Gasteiger partial charge in [0.2, 0.25) is 0 Å². The topological polar surface area (TPSA) is 52.3 Å². The van der Waals surface area contributed by atoms with Crippen LogP contribution in [-0.4, -0.2) is 52.1 Å². The first-order chi connectivity index (χ1) is 10.8. The van der Waals surface area contributed by atoms with Gasteiger partial charge in [-0.05, 0) is 37.6 Å². The quantitative estimate of drug-likeness (QED) is 0.751. The van der Waals surface area contributed by atoms with Crippen LogP contribution in [0.4, 0.5) is 0 Å². The molecule has 22 heavy (non-hydrogen) atoms. The van der Waals surface area contributed by atoms with Crippen molar-refractivity contribution in [2.24, 2.45) is 0 Å². The van der Waals surface area contributed by atoms with Crippen molar-refractivity contribution in [3.63, 3.8) is 0 Å². The SMILES string of the molecule is O=c1c(-n2cccc2)ccnn1CCCCN1CCOCC1. The normalized spacial score (nSPS) is 16.0. The van der Waals surface area contributed by atoms with Crippen LogP contribution in [0.2, 0.25) is 0 Å². The average molecular weight is 302 g/mol. The average Bonchev–Trinajstić information content (AvgIpc) is 3.08. The molecule has 1 saturated heterocycles. The number of nitrogens with zero attached hydrogens (tertiary/aromatic N) is 4. The molecule has 0 spiro atoms. The van der Waals surface area contributed by atoms with Gasteiger partial charge >= 0.3 is 0 Å². The van der Waals surface area contributed by atoms with Crippen molar-refractivity contribution < 1.29 is 4.74 Å². The molecule has 6 nitrogen and oxygen atoms in total. The van der Waals surface area contributed by atoms with Crippen LogP contribution in [0.25, 0.3) is 5.69 Å². The summed E-state index contributed by atoms with van der Waals surface area (Å²) >= 11 is 0. The molecule has 1 aliphatic heterocycles. The minimum Gasteiger partial charge on any atom is -0.379 e. The highest BCUT2D eigenvalue weighted by Crippen LogP contribution is 2.03. The van der Waals surface area contributed by atoms with Crippen molar-refractivity contribution >= 4 is 0 Å². The van der Waals surface area contributed by atoms with E-state index >= 15 is 0 Å². The summed E-state index contributed by atoms with van der Waals surface area (Å²) in [6.45, 7) is 5.43. The Morgan fingerprint density at radius 1 is 1.09 bits per heavy atom. The number of hydrogen-bond donors (Lipinski definition) is 0. The monoisotopic (exact) mass is 302 g/mol. The van der Waals surface area contributed by atoms with Gasteiger partial charge in [-0.25, -0.2) is 4.68 Å². The molecule has 0 amide bonds. The predicted molar refractivity (Wildman–Crippen MR) is 84.3 cm³/mol. The standard InChI is InChI=1S/C16H22N4O2/c21-16-15(19-8-2-3-9-19)5-6-17-20(16)10-4-1-7-18-11-13-22-14-12-18/h2-3,5-6,8-9H,1,4,7,10-14H2. The fourth-order valence-electron chi connectivity index (χ4n) is 2.71. The van der Waals surface area contributed by atoms with Crippen LogP contribution in [0.15, 0.2) is 41.6 Å². The zero-order chi connectivity index (χ0) is 15.2. The van der Waals surface area contributed by atoms with Crippen LogP contribution in [0.3, 0.4) is 0 Å². The number of unbranched alkanes of at least 4 members (excludes halogenated alkanes) is 1. The largest absolute Gasteiger partial charge is 0.379 e. The number of aryl methyl sites for hydroxylation is 1. The van der Waals surface area contributed by atoms with E-state index in [1.54, 1.807) is 16.9 Å². The maximum atomic E-state index is 12.4. The van der Waals surface area contributed by atoms with Crippen molar-refractivity contribution in [1.82, 2.24) is 19.2 Å². The smallest absolute Gasteiger partial charge is 0.290 e. The third-order valence-electron chi connectivity index (χ3n) is 3.97. The van der Waals surface area contributed by atoms with Gasteiger partial charge < -0.3 is 9.30 Å². The first-order valence-corrected chi connectivity index (χ1v) is 7.84. The predicted octanol–water partition coefficient (Wildman–Crippen LogP) is 1.15. The Bertz CT molecular complexity index is 630. The Kier molecular flexibility index (Phi) is 5.03. The zero-order valence-corrected chi connectivity index (χ0v) is 12.7. The van der Waals surface area contributed by atoms with Gasteiger partial charge in [0.1, 0.15) is 5.69 Å². The highest BCUT2D eigenvalue weighted by molar-refractivity contribution is 5.27. The fourth-order valence-corrected chi connectivity index (χ4v) is 2.71. The minimum absolute atomic E-state index is 0.0370. The van der Waals surface area contributed by atoms with E-state index in [4.69, 9.17) is 4.74 Å². The van der Waals surface area contributed by atoms with Gasteiger partial charge in [-0.3, -0.25) is 9.69 Å². The molecule has 1 aliphatic rings. The van der Waals surface area contributed by atoms with Gasteiger partial charge in [0.15, 0.2) is 0 Å². The van der Waals surface area contributed by atoms with Crippen molar-refractivity contribution in [2.45, 2.75) is 19.4 Å². The molecule has 2 aromatic heterocycles. The van der Waals surface area contributed by atoms with Crippen molar-refractivity contribution in [1.29, 1.82) is 0 Å². The summed E-state index contributed by atoms with van der Waals surface area (Å²) in [7, 11) is 0. The summed E-state index contributed by atoms with van der Waals surface area (Å²) < 4.78 is 8.73. The van der Waals surface area contributed by atoms with Gasteiger partial charge in [0.25, 0.3) is 5.56 Å². The Labute approximate surface area is 129 Å². The molecule has 0 aromatic carbocycles. The summed E-state index contributed by atoms with van der Waals surface area (Å²) in [5.74, 6) is 0. The van der Waals surface area contributed by atoms with Gasteiger partial charge in [-0.15, -0.1) is 0 Å². The number of morpholine rings is 1. The lowest BCUT2D eigenvalue weighted by Gasteiger charge is -2.26. The number of ether oxygens (including phenoxy) is 1. The first-order valence-electron chi connectivity index (χ1n) is 7.84. The number of hydrogen-bond acceptors (Lipinski definition) is 4. The Hall–Kier alpha value is -1.92. The molecule has 0 saturated carbocycles. The summed E-state index contributed by atoms with van der Waals surface area (Å²) in [5, 5.41) is 4.19. The maximum absolute atomic E-state index is 12.4. The molecule has 0 atom stereocenters. The lowest BCUT2D eigenvalue weighted by atomic mass is 10.2. The van der Waals surface area contributed by atoms with Crippen molar-refractivity contribution in [2.75, 3.05) is 32.8 Å². The molecule has 0 bridgehead atoms.